The van der Waals surface area contributed by atoms with Crippen molar-refractivity contribution in [3.8, 4) is 0 Å². The number of fused-ring (bicyclic) bond motifs is 1. The quantitative estimate of drug-likeness (QED) is 0.464. The van der Waals surface area contributed by atoms with Crippen LogP contribution in [0.5, 0.6) is 0 Å². The Morgan fingerprint density at radius 2 is 1.91 bits per heavy atom. The predicted molar refractivity (Wildman–Crippen MR) is 123 cm³/mol. The summed E-state index contributed by atoms with van der Waals surface area (Å²) >= 11 is 0. The first-order valence-corrected chi connectivity index (χ1v) is 11.9. The zero-order valence-electron chi connectivity index (χ0n) is 18.7. The number of nitrogens with one attached hydrogen (secondary N) is 1. The normalized spacial score (nSPS) is 14.8. The van der Waals surface area contributed by atoms with Gasteiger partial charge in [0.25, 0.3) is 5.91 Å². The van der Waals surface area contributed by atoms with Gasteiger partial charge in [-0.25, -0.2) is 4.79 Å². The second-order valence-corrected chi connectivity index (χ2v) is 9.80. The van der Waals surface area contributed by atoms with Crippen LogP contribution in [0, 0.1) is 12.8 Å². The van der Waals surface area contributed by atoms with Crippen molar-refractivity contribution >= 4 is 35.3 Å². The average Bonchev–Trinajstić information content (AvgIpc) is 3.17. The summed E-state index contributed by atoms with van der Waals surface area (Å²) in [5.41, 5.74) is 3.23. The Morgan fingerprint density at radius 1 is 1.22 bits per heavy atom. The lowest BCUT2D eigenvalue weighted by atomic mass is 9.75. The maximum absolute atomic E-state index is 12.9. The standard InChI is InChI=1S/C23H28BNO6S/c1-5-32(29)18-9-6-16(7-10-18)12-30-23(27)21(14(2)3)25-22(26)19-11-8-17-13-31-24(28)20(17)15(19)4/h6-11,14,21,28H,5,12-13H2,1-4H3,(H,25,26). The maximum atomic E-state index is 12.9. The van der Waals surface area contributed by atoms with E-state index in [-0.39, 0.29) is 12.5 Å². The van der Waals surface area contributed by atoms with E-state index in [0.29, 0.717) is 28.9 Å². The molecule has 2 N–H and O–H groups in total. The molecule has 2 aromatic rings. The molecule has 0 aliphatic carbocycles. The van der Waals surface area contributed by atoms with Crippen LogP contribution in [0.3, 0.4) is 0 Å². The lowest BCUT2D eigenvalue weighted by Crippen LogP contribution is -2.46. The van der Waals surface area contributed by atoms with Crippen LogP contribution in [0.2, 0.25) is 0 Å². The Bertz CT molecular complexity index is 1020. The molecular weight excluding hydrogens is 429 g/mol. The Labute approximate surface area is 191 Å². The number of amides is 1. The van der Waals surface area contributed by atoms with E-state index in [2.05, 4.69) is 5.32 Å². The monoisotopic (exact) mass is 457 g/mol. The van der Waals surface area contributed by atoms with Crippen molar-refractivity contribution in [3.63, 3.8) is 0 Å². The third kappa shape index (κ3) is 5.28. The summed E-state index contributed by atoms with van der Waals surface area (Å²) in [6.07, 6.45) is 0. The van der Waals surface area contributed by atoms with Crippen LogP contribution in [0.1, 0.15) is 47.8 Å². The maximum Gasteiger partial charge on any atom is 0.492 e. The molecule has 1 heterocycles. The number of rotatable bonds is 8. The molecule has 2 atom stereocenters. The van der Waals surface area contributed by atoms with Crippen molar-refractivity contribution in [2.24, 2.45) is 5.92 Å². The lowest BCUT2D eigenvalue weighted by Gasteiger charge is -2.22. The van der Waals surface area contributed by atoms with Gasteiger partial charge in [0.15, 0.2) is 0 Å². The zero-order chi connectivity index (χ0) is 23.4. The van der Waals surface area contributed by atoms with Crippen LogP contribution < -0.4 is 10.8 Å². The van der Waals surface area contributed by atoms with E-state index >= 15 is 0 Å². The third-order valence-electron chi connectivity index (χ3n) is 5.53. The summed E-state index contributed by atoms with van der Waals surface area (Å²) in [6.45, 7) is 7.62. The fourth-order valence-corrected chi connectivity index (χ4v) is 4.39. The molecule has 32 heavy (non-hydrogen) atoms. The molecule has 3 rings (SSSR count). The van der Waals surface area contributed by atoms with Gasteiger partial charge in [-0.2, -0.15) is 0 Å². The molecular formula is C23H28BNO6S. The molecule has 0 bridgehead atoms. The molecule has 0 spiro atoms. The number of carbonyl (C=O) groups is 2. The van der Waals surface area contributed by atoms with Crippen LogP contribution >= 0.6 is 0 Å². The minimum absolute atomic E-state index is 0.0539. The number of ether oxygens (including phenoxy) is 1. The Kier molecular flexibility index (Phi) is 7.87. The fraction of sp³-hybridized carbons (Fsp3) is 0.391. The first-order chi connectivity index (χ1) is 15.2. The van der Waals surface area contributed by atoms with E-state index < -0.39 is 35.8 Å². The summed E-state index contributed by atoms with van der Waals surface area (Å²) in [6, 6.07) is 9.68. The molecule has 0 radical (unpaired) electrons. The molecule has 0 saturated carbocycles. The molecule has 2 aromatic carbocycles. The van der Waals surface area contributed by atoms with Crippen molar-refractivity contribution in [2.45, 2.75) is 51.8 Å². The number of hydrogen-bond donors (Lipinski definition) is 2. The average molecular weight is 457 g/mol. The van der Waals surface area contributed by atoms with Gasteiger partial charge in [-0.05, 0) is 53.2 Å². The van der Waals surface area contributed by atoms with E-state index in [4.69, 9.17) is 9.39 Å². The molecule has 1 aliphatic heterocycles. The molecule has 1 aliphatic rings. The van der Waals surface area contributed by atoms with E-state index in [9.17, 15) is 18.8 Å². The molecule has 170 valence electrons. The summed E-state index contributed by atoms with van der Waals surface area (Å²) in [5.74, 6) is -0.590. The highest BCUT2D eigenvalue weighted by atomic mass is 32.2. The van der Waals surface area contributed by atoms with Gasteiger partial charge < -0.3 is 19.7 Å². The Hall–Kier alpha value is -2.49. The molecule has 1 amide bonds. The molecule has 0 aromatic heterocycles. The van der Waals surface area contributed by atoms with Gasteiger partial charge in [0, 0.05) is 16.2 Å². The van der Waals surface area contributed by atoms with E-state index in [1.807, 2.05) is 20.8 Å². The van der Waals surface area contributed by atoms with Crippen molar-refractivity contribution in [3.05, 3.63) is 58.7 Å². The highest BCUT2D eigenvalue weighted by molar-refractivity contribution is 7.85. The van der Waals surface area contributed by atoms with Crippen molar-refractivity contribution in [2.75, 3.05) is 5.75 Å². The molecule has 2 unspecified atom stereocenters. The smallest absolute Gasteiger partial charge is 0.459 e. The van der Waals surface area contributed by atoms with Crippen molar-refractivity contribution < 1.29 is 28.2 Å². The second-order valence-electron chi connectivity index (χ2n) is 8.06. The Balaban J connectivity index is 1.66. The van der Waals surface area contributed by atoms with Gasteiger partial charge in [0.2, 0.25) is 0 Å². The summed E-state index contributed by atoms with van der Waals surface area (Å²) < 4.78 is 22.5. The van der Waals surface area contributed by atoms with Crippen LogP contribution in [-0.4, -0.2) is 40.0 Å². The van der Waals surface area contributed by atoms with Crippen LogP contribution in [0.25, 0.3) is 0 Å². The third-order valence-corrected chi connectivity index (χ3v) is 6.85. The first kappa shape index (κ1) is 24.2. The van der Waals surface area contributed by atoms with Gasteiger partial charge in [0.1, 0.15) is 12.6 Å². The highest BCUT2D eigenvalue weighted by Crippen LogP contribution is 2.17. The number of esters is 1. The topological polar surface area (TPSA) is 102 Å². The van der Waals surface area contributed by atoms with Gasteiger partial charge in [-0.1, -0.05) is 39.0 Å². The van der Waals surface area contributed by atoms with E-state index in [0.717, 1.165) is 16.0 Å². The van der Waals surface area contributed by atoms with Gasteiger partial charge in [0.05, 0.1) is 17.4 Å². The van der Waals surface area contributed by atoms with Crippen LogP contribution in [0.4, 0.5) is 0 Å². The lowest BCUT2D eigenvalue weighted by molar-refractivity contribution is -0.148. The van der Waals surface area contributed by atoms with E-state index in [1.54, 1.807) is 43.3 Å². The number of carbonyl (C=O) groups excluding carboxylic acids is 2. The van der Waals surface area contributed by atoms with Gasteiger partial charge in [-0.15, -0.1) is 0 Å². The molecule has 9 heteroatoms. The minimum Gasteiger partial charge on any atom is -0.459 e. The first-order valence-electron chi connectivity index (χ1n) is 10.6. The molecule has 0 saturated heterocycles. The summed E-state index contributed by atoms with van der Waals surface area (Å²) in [5, 5.41) is 12.8. The van der Waals surface area contributed by atoms with Crippen molar-refractivity contribution in [1.82, 2.24) is 5.32 Å². The Morgan fingerprint density at radius 3 is 2.53 bits per heavy atom. The van der Waals surface area contributed by atoms with Crippen molar-refractivity contribution in [1.29, 1.82) is 0 Å². The van der Waals surface area contributed by atoms with Gasteiger partial charge in [-0.3, -0.25) is 9.00 Å². The van der Waals surface area contributed by atoms with Crippen LogP contribution in [0.15, 0.2) is 41.3 Å². The number of benzene rings is 2. The van der Waals surface area contributed by atoms with Gasteiger partial charge >= 0.3 is 13.1 Å². The molecule has 7 nitrogen and oxygen atoms in total. The zero-order valence-corrected chi connectivity index (χ0v) is 19.5. The highest BCUT2D eigenvalue weighted by Gasteiger charge is 2.32. The fourth-order valence-electron chi connectivity index (χ4n) is 3.62. The summed E-state index contributed by atoms with van der Waals surface area (Å²) in [4.78, 5) is 26.4. The van der Waals surface area contributed by atoms with Crippen LogP contribution in [-0.2, 0) is 38.2 Å². The second kappa shape index (κ2) is 10.4. The number of hydrogen-bond acceptors (Lipinski definition) is 6. The SMILES string of the molecule is CCS(=O)c1ccc(COC(=O)C(NC(=O)c2ccc3c(c2C)B(O)OC3)C(C)C)cc1. The predicted octanol–water partition coefficient (Wildman–Crippen LogP) is 1.84. The summed E-state index contributed by atoms with van der Waals surface area (Å²) in [7, 11) is -2.08. The van der Waals surface area contributed by atoms with E-state index in [1.165, 1.54) is 0 Å². The minimum atomic E-state index is -1.05. The molecule has 0 fully saturated rings. The largest absolute Gasteiger partial charge is 0.492 e.